The number of nitrogens with one attached hydrogen (secondary N) is 3. The van der Waals surface area contributed by atoms with Crippen molar-refractivity contribution in [1.29, 1.82) is 0 Å². The van der Waals surface area contributed by atoms with Gasteiger partial charge in [0.25, 0.3) is 0 Å². The topological polar surface area (TPSA) is 106 Å². The van der Waals surface area contributed by atoms with E-state index >= 15 is 0 Å². The summed E-state index contributed by atoms with van der Waals surface area (Å²) in [6.07, 6.45) is 0. The average Bonchev–Trinajstić information content (AvgIpc) is 2.66. The van der Waals surface area contributed by atoms with Crippen molar-refractivity contribution in [2.75, 3.05) is 31.4 Å². The normalized spacial score (nSPS) is 9.77. The lowest BCUT2D eigenvalue weighted by atomic mass is 10.2. The molecule has 8 nitrogen and oxygen atoms in total. The Kier molecular flexibility index (Phi) is 6.55. The molecule has 0 saturated carbocycles. The Morgan fingerprint density at radius 3 is 2.27 bits per heavy atom. The van der Waals surface area contributed by atoms with Crippen LogP contribution in [0.25, 0.3) is 0 Å². The molecule has 0 radical (unpaired) electrons. The molecule has 0 aliphatic rings. The Morgan fingerprint density at radius 1 is 0.885 bits per heavy atom. The second-order valence-electron chi connectivity index (χ2n) is 5.12. The third-order valence-corrected chi connectivity index (χ3v) is 3.33. The van der Waals surface area contributed by atoms with Crippen LogP contribution in [0.4, 0.5) is 11.4 Å². The third-order valence-electron chi connectivity index (χ3n) is 3.33. The summed E-state index contributed by atoms with van der Waals surface area (Å²) in [5, 5.41) is 7.27. The molecule has 0 fully saturated rings. The Labute approximate surface area is 150 Å². The number of rotatable bonds is 6. The molecule has 0 bridgehead atoms. The van der Waals surface area contributed by atoms with Gasteiger partial charge in [0.1, 0.15) is 11.5 Å². The fraction of sp³-hybridized carbons (Fsp3) is 0.167. The van der Waals surface area contributed by atoms with Gasteiger partial charge in [-0.1, -0.05) is 18.2 Å². The van der Waals surface area contributed by atoms with Gasteiger partial charge < -0.3 is 25.4 Å². The Bertz CT molecular complexity index is 793. The van der Waals surface area contributed by atoms with Crippen LogP contribution in [0, 0.1) is 0 Å². The van der Waals surface area contributed by atoms with Gasteiger partial charge in [-0.15, -0.1) is 0 Å². The van der Waals surface area contributed by atoms with Gasteiger partial charge >= 0.3 is 11.8 Å². The number of carbonyl (C=O) groups is 3. The van der Waals surface area contributed by atoms with Crippen molar-refractivity contribution in [1.82, 2.24) is 5.32 Å². The maximum absolute atomic E-state index is 12.0. The summed E-state index contributed by atoms with van der Waals surface area (Å²) in [6.45, 7) is -0.374. The summed E-state index contributed by atoms with van der Waals surface area (Å²) in [7, 11) is 2.96. The molecular weight excluding hydrogens is 338 g/mol. The zero-order valence-electron chi connectivity index (χ0n) is 14.4. The minimum Gasteiger partial charge on any atom is -0.497 e. The van der Waals surface area contributed by atoms with Crippen molar-refractivity contribution in [2.24, 2.45) is 0 Å². The predicted molar refractivity (Wildman–Crippen MR) is 96.3 cm³/mol. The van der Waals surface area contributed by atoms with E-state index in [9.17, 15) is 14.4 Å². The highest BCUT2D eigenvalue weighted by atomic mass is 16.5. The summed E-state index contributed by atoms with van der Waals surface area (Å²) in [5.41, 5.74) is 0.873. The van der Waals surface area contributed by atoms with E-state index in [-0.39, 0.29) is 6.54 Å². The van der Waals surface area contributed by atoms with Crippen LogP contribution < -0.4 is 25.4 Å². The summed E-state index contributed by atoms with van der Waals surface area (Å²) in [4.78, 5) is 35.6. The minimum absolute atomic E-state index is 0.374. The molecule has 2 rings (SSSR count). The van der Waals surface area contributed by atoms with E-state index in [1.807, 2.05) is 0 Å². The van der Waals surface area contributed by atoms with Crippen LogP contribution in [0.3, 0.4) is 0 Å². The van der Waals surface area contributed by atoms with Crippen molar-refractivity contribution in [3.05, 3.63) is 48.5 Å². The number of amides is 3. The molecule has 0 heterocycles. The first-order valence-electron chi connectivity index (χ1n) is 7.69. The molecule has 3 amide bonds. The molecule has 8 heteroatoms. The zero-order valence-corrected chi connectivity index (χ0v) is 14.4. The van der Waals surface area contributed by atoms with Crippen LogP contribution in [0.2, 0.25) is 0 Å². The lowest BCUT2D eigenvalue weighted by Gasteiger charge is -2.12. The second kappa shape index (κ2) is 9.07. The Hall–Kier alpha value is -3.55. The molecule has 0 aromatic heterocycles. The second-order valence-corrected chi connectivity index (χ2v) is 5.12. The van der Waals surface area contributed by atoms with Gasteiger partial charge in [-0.05, 0) is 24.3 Å². The highest BCUT2D eigenvalue weighted by molar-refractivity contribution is 6.39. The number of hydrogen-bond donors (Lipinski definition) is 3. The number of ether oxygens (including phenoxy) is 2. The summed E-state index contributed by atoms with van der Waals surface area (Å²) in [5.74, 6) is -1.32. The number of benzene rings is 2. The zero-order chi connectivity index (χ0) is 18.9. The van der Waals surface area contributed by atoms with Crippen LogP contribution in [0.5, 0.6) is 11.5 Å². The van der Waals surface area contributed by atoms with E-state index in [1.165, 1.54) is 14.2 Å². The lowest BCUT2D eigenvalue weighted by molar-refractivity contribution is -0.136. The summed E-state index contributed by atoms with van der Waals surface area (Å²) >= 11 is 0. The van der Waals surface area contributed by atoms with E-state index in [4.69, 9.17) is 9.47 Å². The van der Waals surface area contributed by atoms with Gasteiger partial charge in [0.2, 0.25) is 5.91 Å². The molecule has 3 N–H and O–H groups in total. The first kappa shape index (κ1) is 18.8. The fourth-order valence-electron chi connectivity index (χ4n) is 2.06. The maximum atomic E-state index is 12.0. The minimum atomic E-state index is -0.915. The van der Waals surface area contributed by atoms with Crippen molar-refractivity contribution in [2.45, 2.75) is 0 Å². The van der Waals surface area contributed by atoms with Crippen molar-refractivity contribution in [3.63, 3.8) is 0 Å². The van der Waals surface area contributed by atoms with Gasteiger partial charge in [-0.25, -0.2) is 0 Å². The molecule has 2 aromatic carbocycles. The first-order chi connectivity index (χ1) is 12.5. The first-order valence-corrected chi connectivity index (χ1v) is 7.69. The standard InChI is InChI=1S/C18H19N3O5/c1-25-13-8-9-15(26-2)14(10-13)21-16(22)11-19-17(23)18(24)20-12-6-4-3-5-7-12/h3-10H,11H2,1-2H3,(H,19,23)(H,20,24)(H,21,22). The highest BCUT2D eigenvalue weighted by Gasteiger charge is 2.15. The summed E-state index contributed by atoms with van der Waals surface area (Å²) in [6, 6.07) is 13.4. The molecule has 136 valence electrons. The number of para-hydroxylation sites is 1. The molecule has 0 aliphatic carbocycles. The van der Waals surface area contributed by atoms with Gasteiger partial charge in [0.05, 0.1) is 26.5 Å². The Morgan fingerprint density at radius 2 is 1.62 bits per heavy atom. The number of hydrogen-bond acceptors (Lipinski definition) is 5. The van der Waals surface area contributed by atoms with E-state index < -0.39 is 17.7 Å². The number of methoxy groups -OCH3 is 2. The van der Waals surface area contributed by atoms with Gasteiger partial charge in [-0.3, -0.25) is 14.4 Å². The molecule has 0 saturated heterocycles. The fourth-order valence-corrected chi connectivity index (χ4v) is 2.06. The summed E-state index contributed by atoms with van der Waals surface area (Å²) < 4.78 is 10.2. The van der Waals surface area contributed by atoms with Crippen molar-refractivity contribution >= 4 is 29.1 Å². The predicted octanol–water partition coefficient (Wildman–Crippen LogP) is 1.40. The molecule has 0 aliphatic heterocycles. The number of anilines is 2. The lowest BCUT2D eigenvalue weighted by Crippen LogP contribution is -2.39. The van der Waals surface area contributed by atoms with Crippen LogP contribution in [0.1, 0.15) is 0 Å². The monoisotopic (exact) mass is 357 g/mol. The van der Waals surface area contributed by atoms with Gasteiger partial charge in [0.15, 0.2) is 0 Å². The molecular formula is C18H19N3O5. The van der Waals surface area contributed by atoms with E-state index in [0.29, 0.717) is 22.9 Å². The molecule has 2 aromatic rings. The molecule has 0 spiro atoms. The van der Waals surface area contributed by atoms with E-state index in [2.05, 4.69) is 16.0 Å². The molecule has 26 heavy (non-hydrogen) atoms. The SMILES string of the molecule is COc1ccc(OC)c(NC(=O)CNC(=O)C(=O)Nc2ccccc2)c1. The number of carbonyl (C=O) groups excluding carboxylic acids is 3. The third kappa shape index (κ3) is 5.23. The maximum Gasteiger partial charge on any atom is 0.313 e. The van der Waals surface area contributed by atoms with Crippen molar-refractivity contribution < 1.29 is 23.9 Å². The highest BCUT2D eigenvalue weighted by Crippen LogP contribution is 2.28. The van der Waals surface area contributed by atoms with Crippen molar-refractivity contribution in [3.8, 4) is 11.5 Å². The van der Waals surface area contributed by atoms with Crippen LogP contribution in [-0.4, -0.2) is 38.5 Å². The van der Waals surface area contributed by atoms with Gasteiger partial charge in [-0.2, -0.15) is 0 Å². The van der Waals surface area contributed by atoms with Crippen LogP contribution in [0.15, 0.2) is 48.5 Å². The molecule has 0 atom stereocenters. The Balaban J connectivity index is 1.88. The largest absolute Gasteiger partial charge is 0.497 e. The quantitative estimate of drug-likeness (QED) is 0.678. The van der Waals surface area contributed by atoms with E-state index in [1.54, 1.807) is 48.5 Å². The molecule has 0 unspecified atom stereocenters. The van der Waals surface area contributed by atoms with E-state index in [0.717, 1.165) is 0 Å². The van der Waals surface area contributed by atoms with Gasteiger partial charge in [0, 0.05) is 11.8 Å². The average molecular weight is 357 g/mol. The van der Waals surface area contributed by atoms with Crippen LogP contribution >= 0.6 is 0 Å². The van der Waals surface area contributed by atoms with Crippen LogP contribution in [-0.2, 0) is 14.4 Å². The smallest absolute Gasteiger partial charge is 0.313 e.